The van der Waals surface area contributed by atoms with Crippen molar-refractivity contribution in [2.24, 2.45) is 5.73 Å². The van der Waals surface area contributed by atoms with E-state index in [0.717, 1.165) is 12.0 Å². The van der Waals surface area contributed by atoms with Gasteiger partial charge >= 0.3 is 0 Å². The molecule has 0 fully saturated rings. The highest BCUT2D eigenvalue weighted by molar-refractivity contribution is 5.85. The average molecular weight is 308 g/mol. The van der Waals surface area contributed by atoms with Gasteiger partial charge in [-0.15, -0.1) is 24.8 Å². The van der Waals surface area contributed by atoms with Gasteiger partial charge < -0.3 is 11.1 Å². The second kappa shape index (κ2) is 11.1. The summed E-state index contributed by atoms with van der Waals surface area (Å²) in [5.41, 5.74) is 6.40. The lowest BCUT2D eigenvalue weighted by Gasteiger charge is -2.23. The summed E-state index contributed by atoms with van der Waals surface area (Å²) in [6.45, 7) is 1.23. The van der Waals surface area contributed by atoms with Gasteiger partial charge in [-0.1, -0.05) is 30.3 Å². The molecular formula is C13H23Cl2N3O. The Bertz CT molecular complexity index is 347. The van der Waals surface area contributed by atoms with Gasteiger partial charge in [-0.05, 0) is 32.6 Å². The van der Waals surface area contributed by atoms with Gasteiger partial charge in [0.15, 0.2) is 0 Å². The Morgan fingerprint density at radius 2 is 1.84 bits per heavy atom. The van der Waals surface area contributed by atoms with Crippen molar-refractivity contribution in [3.8, 4) is 0 Å². The minimum absolute atomic E-state index is 0. The molecule has 3 N–H and O–H groups in total. The van der Waals surface area contributed by atoms with E-state index in [1.54, 1.807) is 0 Å². The number of carbonyl (C=O) groups excluding carboxylic acids is 1. The Kier molecular flexibility index (Phi) is 11.9. The van der Waals surface area contributed by atoms with Crippen molar-refractivity contribution in [1.29, 1.82) is 0 Å². The Balaban J connectivity index is 0. The number of hydrogen-bond acceptors (Lipinski definition) is 3. The Morgan fingerprint density at radius 3 is 2.32 bits per heavy atom. The summed E-state index contributed by atoms with van der Waals surface area (Å²) in [6, 6.07) is 9.52. The van der Waals surface area contributed by atoms with Crippen LogP contribution < -0.4 is 11.1 Å². The van der Waals surface area contributed by atoms with Gasteiger partial charge in [-0.3, -0.25) is 9.69 Å². The predicted molar refractivity (Wildman–Crippen MR) is 84.0 cm³/mol. The number of hydrogen-bond donors (Lipinski definition) is 2. The minimum atomic E-state index is -0.242. The van der Waals surface area contributed by atoms with Crippen LogP contribution in [0.25, 0.3) is 0 Å². The van der Waals surface area contributed by atoms with Gasteiger partial charge in [0.1, 0.15) is 6.04 Å². The summed E-state index contributed by atoms with van der Waals surface area (Å²) in [7, 11) is 3.81. The normalized spacial score (nSPS) is 11.2. The molecule has 0 saturated carbocycles. The van der Waals surface area contributed by atoms with E-state index >= 15 is 0 Å². The third kappa shape index (κ3) is 6.78. The Labute approximate surface area is 127 Å². The summed E-state index contributed by atoms with van der Waals surface area (Å²) in [5, 5.41) is 2.90. The van der Waals surface area contributed by atoms with Crippen molar-refractivity contribution in [2.75, 3.05) is 27.2 Å². The lowest BCUT2D eigenvalue weighted by Crippen LogP contribution is -2.37. The quantitative estimate of drug-likeness (QED) is 0.785. The number of likely N-dealkylation sites (N-methyl/N-ethyl adjacent to an activating group) is 1. The Hall–Kier alpha value is -0.810. The first kappa shape index (κ1) is 20.5. The van der Waals surface area contributed by atoms with Gasteiger partial charge in [0.2, 0.25) is 5.91 Å². The molecule has 1 atom stereocenters. The maximum absolute atomic E-state index is 12.1. The maximum atomic E-state index is 12.1. The highest BCUT2D eigenvalue weighted by Gasteiger charge is 2.21. The standard InChI is InChI=1S/C13H21N3O.2ClH/c1-16(2)12(11-7-4-3-5-8-11)13(17)15-10-6-9-14;;/h3-5,7-8,12H,6,9-10,14H2,1-2H3,(H,15,17);2*1H. The van der Waals surface area contributed by atoms with Crippen molar-refractivity contribution in [3.63, 3.8) is 0 Å². The molecule has 0 spiro atoms. The van der Waals surface area contributed by atoms with E-state index in [-0.39, 0.29) is 36.8 Å². The van der Waals surface area contributed by atoms with Crippen LogP contribution in [0.3, 0.4) is 0 Å². The van der Waals surface area contributed by atoms with Crippen LogP contribution in [-0.4, -0.2) is 38.0 Å². The fraction of sp³-hybridized carbons (Fsp3) is 0.462. The molecule has 6 heteroatoms. The molecule has 0 bridgehead atoms. The first-order valence-electron chi connectivity index (χ1n) is 5.86. The molecule has 0 aliphatic rings. The molecule has 0 aromatic heterocycles. The largest absolute Gasteiger partial charge is 0.354 e. The van der Waals surface area contributed by atoms with Crippen molar-refractivity contribution >= 4 is 30.7 Å². The minimum Gasteiger partial charge on any atom is -0.354 e. The monoisotopic (exact) mass is 307 g/mol. The molecule has 0 aliphatic carbocycles. The number of nitrogens with one attached hydrogen (secondary N) is 1. The first-order chi connectivity index (χ1) is 8.16. The second-order valence-corrected chi connectivity index (χ2v) is 4.21. The van der Waals surface area contributed by atoms with Crippen LogP contribution in [0.4, 0.5) is 0 Å². The number of amides is 1. The van der Waals surface area contributed by atoms with E-state index in [2.05, 4.69) is 5.32 Å². The fourth-order valence-electron chi connectivity index (χ4n) is 1.73. The summed E-state index contributed by atoms with van der Waals surface area (Å²) in [5.74, 6) is 0.0228. The van der Waals surface area contributed by atoms with Gasteiger partial charge in [0, 0.05) is 6.54 Å². The van der Waals surface area contributed by atoms with Gasteiger partial charge in [0.05, 0.1) is 0 Å². The molecule has 19 heavy (non-hydrogen) atoms. The van der Waals surface area contributed by atoms with Crippen LogP contribution in [0.2, 0.25) is 0 Å². The zero-order valence-corrected chi connectivity index (χ0v) is 13.0. The Morgan fingerprint density at radius 1 is 1.26 bits per heavy atom. The lowest BCUT2D eigenvalue weighted by atomic mass is 10.1. The summed E-state index contributed by atoms with van der Waals surface area (Å²) in [6.07, 6.45) is 0.806. The van der Waals surface area contributed by atoms with Gasteiger partial charge in [-0.25, -0.2) is 0 Å². The van der Waals surface area contributed by atoms with Crippen molar-refractivity contribution in [3.05, 3.63) is 35.9 Å². The molecule has 1 aromatic carbocycles. The zero-order chi connectivity index (χ0) is 12.7. The predicted octanol–water partition coefficient (Wildman–Crippen LogP) is 1.60. The fourth-order valence-corrected chi connectivity index (χ4v) is 1.73. The number of benzene rings is 1. The van der Waals surface area contributed by atoms with Crippen molar-refractivity contribution < 1.29 is 4.79 Å². The molecule has 0 radical (unpaired) electrons. The summed E-state index contributed by atoms with van der Waals surface area (Å²) >= 11 is 0. The van der Waals surface area contributed by atoms with Gasteiger partial charge in [-0.2, -0.15) is 0 Å². The summed E-state index contributed by atoms with van der Waals surface area (Å²) in [4.78, 5) is 14.0. The molecule has 0 saturated heterocycles. The number of carbonyl (C=O) groups is 1. The van der Waals surface area contributed by atoms with Crippen molar-refractivity contribution in [1.82, 2.24) is 10.2 Å². The van der Waals surface area contributed by atoms with E-state index < -0.39 is 0 Å². The molecule has 0 heterocycles. The van der Waals surface area contributed by atoms with E-state index in [4.69, 9.17) is 5.73 Å². The summed E-state index contributed by atoms with van der Waals surface area (Å²) < 4.78 is 0. The van der Waals surface area contributed by atoms with Crippen molar-refractivity contribution in [2.45, 2.75) is 12.5 Å². The molecule has 4 nitrogen and oxygen atoms in total. The highest BCUT2D eigenvalue weighted by atomic mass is 35.5. The average Bonchev–Trinajstić information content (AvgIpc) is 2.30. The third-order valence-electron chi connectivity index (χ3n) is 2.56. The smallest absolute Gasteiger partial charge is 0.241 e. The van der Waals surface area contributed by atoms with Crippen LogP contribution in [0.15, 0.2) is 30.3 Å². The molecule has 1 aromatic rings. The molecule has 1 amide bonds. The topological polar surface area (TPSA) is 58.4 Å². The van der Waals surface area contributed by atoms with Crippen LogP contribution in [0.1, 0.15) is 18.0 Å². The van der Waals surface area contributed by atoms with E-state index in [1.165, 1.54) is 0 Å². The number of nitrogens with zero attached hydrogens (tertiary/aromatic N) is 1. The molecule has 1 rings (SSSR count). The van der Waals surface area contributed by atoms with Gasteiger partial charge in [0.25, 0.3) is 0 Å². The van der Waals surface area contributed by atoms with E-state index in [1.807, 2.05) is 49.3 Å². The maximum Gasteiger partial charge on any atom is 0.241 e. The highest BCUT2D eigenvalue weighted by Crippen LogP contribution is 2.17. The number of nitrogens with two attached hydrogens (primary N) is 1. The van der Waals surface area contributed by atoms with Crippen LogP contribution >= 0.6 is 24.8 Å². The van der Waals surface area contributed by atoms with Crippen LogP contribution in [0, 0.1) is 0 Å². The third-order valence-corrected chi connectivity index (χ3v) is 2.56. The lowest BCUT2D eigenvalue weighted by molar-refractivity contribution is -0.125. The number of halogens is 2. The van der Waals surface area contributed by atoms with E-state index in [9.17, 15) is 4.79 Å². The van der Waals surface area contributed by atoms with Crippen LogP contribution in [-0.2, 0) is 4.79 Å². The SMILES string of the molecule is CN(C)C(C(=O)NCCCN)c1ccccc1.Cl.Cl. The number of rotatable bonds is 6. The molecule has 1 unspecified atom stereocenters. The zero-order valence-electron chi connectivity index (χ0n) is 11.3. The second-order valence-electron chi connectivity index (χ2n) is 4.21. The molecule has 0 aliphatic heterocycles. The van der Waals surface area contributed by atoms with Crippen LogP contribution in [0.5, 0.6) is 0 Å². The first-order valence-corrected chi connectivity index (χ1v) is 5.86. The molecular weight excluding hydrogens is 285 g/mol. The molecule has 110 valence electrons. The van der Waals surface area contributed by atoms with E-state index in [0.29, 0.717) is 13.1 Å².